The quantitative estimate of drug-likeness (QED) is 0.819. The molecule has 0 amide bonds. The van der Waals surface area contributed by atoms with Crippen LogP contribution in [0.2, 0.25) is 0 Å². The molecule has 0 saturated carbocycles. The first-order valence-electron chi connectivity index (χ1n) is 5.67. The van der Waals surface area contributed by atoms with Gasteiger partial charge in [-0.2, -0.15) is 0 Å². The van der Waals surface area contributed by atoms with Crippen molar-refractivity contribution in [3.05, 3.63) is 35.4 Å². The second kappa shape index (κ2) is 4.77. The zero-order valence-electron chi connectivity index (χ0n) is 9.49. The molecule has 2 unspecified atom stereocenters. The molecule has 0 radical (unpaired) electrons. The third-order valence-corrected chi connectivity index (χ3v) is 3.22. The molecule has 1 aromatic rings. The molecular formula is C13H19NO. The van der Waals surface area contributed by atoms with E-state index >= 15 is 0 Å². The number of hydrogen-bond donors (Lipinski definition) is 1. The number of methoxy groups -OCH3 is 1. The van der Waals surface area contributed by atoms with Crippen molar-refractivity contribution < 1.29 is 4.74 Å². The predicted octanol–water partition coefficient (Wildman–Crippen LogP) is 2.82. The molecule has 0 bridgehead atoms. The Morgan fingerprint density at radius 2 is 2.07 bits per heavy atom. The lowest BCUT2D eigenvalue weighted by Crippen LogP contribution is -2.12. The van der Waals surface area contributed by atoms with Gasteiger partial charge in [0.25, 0.3) is 0 Å². The van der Waals surface area contributed by atoms with E-state index in [0.29, 0.717) is 6.04 Å². The number of nitrogens with one attached hydrogen (secondary N) is 1. The molecule has 1 saturated heterocycles. The summed E-state index contributed by atoms with van der Waals surface area (Å²) in [6, 6.07) is 9.34. The molecule has 1 aliphatic rings. The van der Waals surface area contributed by atoms with Crippen LogP contribution in [-0.2, 0) is 4.74 Å². The van der Waals surface area contributed by atoms with E-state index in [2.05, 4.69) is 36.5 Å². The highest BCUT2D eigenvalue weighted by Gasteiger charge is 2.15. The number of rotatable bonds is 3. The van der Waals surface area contributed by atoms with Crippen LogP contribution in [0.25, 0.3) is 0 Å². The van der Waals surface area contributed by atoms with E-state index in [0.717, 1.165) is 6.54 Å². The van der Waals surface area contributed by atoms with Gasteiger partial charge in [0.1, 0.15) is 0 Å². The first-order chi connectivity index (χ1) is 7.31. The first-order valence-corrected chi connectivity index (χ1v) is 5.67. The summed E-state index contributed by atoms with van der Waals surface area (Å²) in [4.78, 5) is 0. The molecule has 2 atom stereocenters. The summed E-state index contributed by atoms with van der Waals surface area (Å²) < 4.78 is 5.29. The van der Waals surface area contributed by atoms with Gasteiger partial charge >= 0.3 is 0 Å². The Morgan fingerprint density at radius 3 is 2.60 bits per heavy atom. The fourth-order valence-electron chi connectivity index (χ4n) is 2.10. The summed E-state index contributed by atoms with van der Waals surface area (Å²) in [6.07, 6.45) is 2.75. The molecule has 1 aromatic carbocycles. The fourth-order valence-corrected chi connectivity index (χ4v) is 2.10. The zero-order valence-corrected chi connectivity index (χ0v) is 9.49. The van der Waals surface area contributed by atoms with Crippen LogP contribution in [0.15, 0.2) is 24.3 Å². The molecule has 0 aliphatic carbocycles. The van der Waals surface area contributed by atoms with Gasteiger partial charge in [-0.25, -0.2) is 0 Å². The number of ether oxygens (including phenoxy) is 1. The third kappa shape index (κ3) is 2.39. The van der Waals surface area contributed by atoms with Gasteiger partial charge in [0.15, 0.2) is 0 Å². The molecule has 0 spiro atoms. The summed E-state index contributed by atoms with van der Waals surface area (Å²) >= 11 is 0. The Morgan fingerprint density at radius 1 is 1.33 bits per heavy atom. The van der Waals surface area contributed by atoms with Gasteiger partial charge in [0.05, 0.1) is 6.10 Å². The van der Waals surface area contributed by atoms with E-state index in [9.17, 15) is 0 Å². The van der Waals surface area contributed by atoms with E-state index in [1.165, 1.54) is 24.0 Å². The van der Waals surface area contributed by atoms with E-state index in [4.69, 9.17) is 4.74 Å². The average Bonchev–Trinajstić information content (AvgIpc) is 2.82. The fraction of sp³-hybridized carbons (Fsp3) is 0.538. The van der Waals surface area contributed by atoms with Crippen LogP contribution >= 0.6 is 0 Å². The Bertz CT molecular complexity index is 301. The van der Waals surface area contributed by atoms with Crippen LogP contribution in [0.1, 0.15) is 43.0 Å². The van der Waals surface area contributed by atoms with Crippen LogP contribution in [0.5, 0.6) is 0 Å². The standard InChI is InChI=1S/C13H19NO/c1-10(15-2)11-5-7-12(8-6-11)13-4-3-9-14-13/h5-8,10,13-14H,3-4,9H2,1-2H3. The molecule has 2 nitrogen and oxygen atoms in total. The van der Waals surface area contributed by atoms with Gasteiger partial charge in [-0.05, 0) is 37.4 Å². The zero-order chi connectivity index (χ0) is 10.7. The lowest BCUT2D eigenvalue weighted by Gasteiger charge is -2.13. The Balaban J connectivity index is 2.09. The number of benzene rings is 1. The summed E-state index contributed by atoms with van der Waals surface area (Å²) in [5, 5.41) is 3.50. The summed E-state index contributed by atoms with van der Waals surface area (Å²) in [6.45, 7) is 3.23. The van der Waals surface area contributed by atoms with Gasteiger partial charge in [0.2, 0.25) is 0 Å². The maximum Gasteiger partial charge on any atom is 0.0793 e. The van der Waals surface area contributed by atoms with Gasteiger partial charge < -0.3 is 10.1 Å². The topological polar surface area (TPSA) is 21.3 Å². The van der Waals surface area contributed by atoms with Crippen molar-refractivity contribution in [2.75, 3.05) is 13.7 Å². The molecule has 15 heavy (non-hydrogen) atoms. The van der Waals surface area contributed by atoms with Crippen molar-refractivity contribution in [2.24, 2.45) is 0 Å². The van der Waals surface area contributed by atoms with Crippen molar-refractivity contribution in [1.82, 2.24) is 5.32 Å². The maximum absolute atomic E-state index is 5.29. The van der Waals surface area contributed by atoms with Crippen LogP contribution in [0.3, 0.4) is 0 Å². The van der Waals surface area contributed by atoms with Crippen molar-refractivity contribution in [3.8, 4) is 0 Å². The van der Waals surface area contributed by atoms with Gasteiger partial charge in [-0.1, -0.05) is 24.3 Å². The minimum absolute atomic E-state index is 0.190. The largest absolute Gasteiger partial charge is 0.377 e. The monoisotopic (exact) mass is 205 g/mol. The maximum atomic E-state index is 5.29. The predicted molar refractivity (Wildman–Crippen MR) is 61.8 cm³/mol. The third-order valence-electron chi connectivity index (χ3n) is 3.22. The van der Waals surface area contributed by atoms with Crippen LogP contribution in [0.4, 0.5) is 0 Å². The Kier molecular flexibility index (Phi) is 3.39. The second-order valence-corrected chi connectivity index (χ2v) is 4.19. The minimum Gasteiger partial charge on any atom is -0.377 e. The van der Waals surface area contributed by atoms with Crippen molar-refractivity contribution in [1.29, 1.82) is 0 Å². The lowest BCUT2D eigenvalue weighted by molar-refractivity contribution is 0.119. The highest BCUT2D eigenvalue weighted by molar-refractivity contribution is 5.26. The van der Waals surface area contributed by atoms with Crippen LogP contribution in [0, 0.1) is 0 Å². The summed E-state index contributed by atoms with van der Waals surface area (Å²) in [5.41, 5.74) is 2.65. The summed E-state index contributed by atoms with van der Waals surface area (Å²) in [7, 11) is 1.75. The molecule has 1 fully saturated rings. The van der Waals surface area contributed by atoms with Crippen molar-refractivity contribution >= 4 is 0 Å². The summed E-state index contributed by atoms with van der Waals surface area (Å²) in [5.74, 6) is 0. The van der Waals surface area contributed by atoms with Crippen molar-refractivity contribution in [3.63, 3.8) is 0 Å². The number of hydrogen-bond acceptors (Lipinski definition) is 2. The normalized spacial score (nSPS) is 22.9. The highest BCUT2D eigenvalue weighted by atomic mass is 16.5. The van der Waals surface area contributed by atoms with Crippen LogP contribution < -0.4 is 5.32 Å². The first kappa shape index (κ1) is 10.7. The SMILES string of the molecule is COC(C)c1ccc(C2CCCN2)cc1. The van der Waals surface area contributed by atoms with E-state index in [1.54, 1.807) is 7.11 Å². The Labute approximate surface area is 91.6 Å². The van der Waals surface area contributed by atoms with Gasteiger partial charge in [-0.15, -0.1) is 0 Å². The molecule has 1 N–H and O–H groups in total. The van der Waals surface area contributed by atoms with Gasteiger partial charge in [-0.3, -0.25) is 0 Å². The van der Waals surface area contributed by atoms with E-state index in [-0.39, 0.29) is 6.10 Å². The van der Waals surface area contributed by atoms with E-state index < -0.39 is 0 Å². The molecule has 82 valence electrons. The minimum atomic E-state index is 0.190. The molecular weight excluding hydrogens is 186 g/mol. The Hall–Kier alpha value is -0.860. The van der Waals surface area contributed by atoms with Crippen molar-refractivity contribution in [2.45, 2.75) is 31.9 Å². The highest BCUT2D eigenvalue weighted by Crippen LogP contribution is 2.24. The molecule has 2 rings (SSSR count). The van der Waals surface area contributed by atoms with Gasteiger partial charge in [0, 0.05) is 13.2 Å². The molecule has 0 aromatic heterocycles. The smallest absolute Gasteiger partial charge is 0.0793 e. The van der Waals surface area contributed by atoms with Crippen LogP contribution in [-0.4, -0.2) is 13.7 Å². The lowest BCUT2D eigenvalue weighted by atomic mass is 10.0. The molecule has 1 heterocycles. The average molecular weight is 205 g/mol. The second-order valence-electron chi connectivity index (χ2n) is 4.19. The van der Waals surface area contributed by atoms with E-state index in [1.807, 2.05) is 0 Å². The molecule has 2 heteroatoms. The molecule has 1 aliphatic heterocycles.